The van der Waals surface area contributed by atoms with Crippen molar-refractivity contribution >= 4 is 17.8 Å². The summed E-state index contributed by atoms with van der Waals surface area (Å²) in [6.45, 7) is 0.946. The number of rotatable bonds is 12. The van der Waals surface area contributed by atoms with Gasteiger partial charge in [0, 0.05) is 20.1 Å². The van der Waals surface area contributed by atoms with Crippen LogP contribution in [0.25, 0.3) is 0 Å². The summed E-state index contributed by atoms with van der Waals surface area (Å²) in [6, 6.07) is -0.859. The molecule has 0 aromatic heterocycles. The summed E-state index contributed by atoms with van der Waals surface area (Å²) in [5.41, 5.74) is 5.34. The number of unbranched alkanes of at least 4 members (excludes halogenated alkanes) is 1. The predicted molar refractivity (Wildman–Crippen MR) is 74.5 cm³/mol. The summed E-state index contributed by atoms with van der Waals surface area (Å²) in [4.78, 5) is 33.1. The number of carboxylic acid groups (broad SMARTS) is 1. The Kier molecular flexibility index (Phi) is 11.1. The molecule has 1 amide bonds. The summed E-state index contributed by atoms with van der Waals surface area (Å²) in [5, 5.41) is 11.2. The van der Waals surface area contributed by atoms with Gasteiger partial charge in [-0.3, -0.25) is 14.4 Å². The third kappa shape index (κ3) is 11.8. The Morgan fingerprint density at radius 3 is 2.52 bits per heavy atom. The van der Waals surface area contributed by atoms with E-state index in [2.05, 4.69) is 5.32 Å². The molecule has 0 heterocycles. The van der Waals surface area contributed by atoms with Crippen molar-refractivity contribution in [1.29, 1.82) is 0 Å². The molecule has 0 radical (unpaired) electrons. The van der Waals surface area contributed by atoms with Crippen LogP contribution < -0.4 is 11.1 Å². The van der Waals surface area contributed by atoms with Crippen LogP contribution in [0.2, 0.25) is 0 Å². The van der Waals surface area contributed by atoms with Crippen molar-refractivity contribution in [3.05, 3.63) is 0 Å². The fourth-order valence-corrected chi connectivity index (χ4v) is 1.46. The monoisotopic (exact) mass is 304 g/mol. The Labute approximate surface area is 124 Å². The van der Waals surface area contributed by atoms with Crippen molar-refractivity contribution in [3.8, 4) is 0 Å². The van der Waals surface area contributed by atoms with Crippen LogP contribution in [-0.2, 0) is 23.9 Å². The maximum atomic E-state index is 11.4. The van der Waals surface area contributed by atoms with Gasteiger partial charge in [0.1, 0.15) is 12.6 Å². The van der Waals surface area contributed by atoms with Crippen LogP contribution in [0.15, 0.2) is 0 Å². The van der Waals surface area contributed by atoms with Gasteiger partial charge in [-0.05, 0) is 19.3 Å². The summed E-state index contributed by atoms with van der Waals surface area (Å²) < 4.78 is 9.53. The molecule has 0 aliphatic carbocycles. The highest BCUT2D eigenvalue weighted by atomic mass is 16.6. The van der Waals surface area contributed by atoms with Gasteiger partial charge in [-0.1, -0.05) is 0 Å². The van der Waals surface area contributed by atoms with E-state index in [0.29, 0.717) is 32.4 Å². The molecule has 0 spiro atoms. The van der Waals surface area contributed by atoms with E-state index < -0.39 is 18.0 Å². The third-order valence-electron chi connectivity index (χ3n) is 2.69. The van der Waals surface area contributed by atoms with E-state index >= 15 is 0 Å². The van der Waals surface area contributed by atoms with Gasteiger partial charge in [0.25, 0.3) is 0 Å². The van der Waals surface area contributed by atoms with E-state index in [0.717, 1.165) is 0 Å². The lowest BCUT2D eigenvalue weighted by Crippen LogP contribution is -2.30. The maximum Gasteiger partial charge on any atom is 0.320 e. The lowest BCUT2D eigenvalue weighted by molar-refractivity contribution is -0.146. The average Bonchev–Trinajstić information content (AvgIpc) is 2.44. The highest BCUT2D eigenvalue weighted by Crippen LogP contribution is 1.99. The zero-order chi connectivity index (χ0) is 16.1. The first kappa shape index (κ1) is 19.3. The number of aliphatic carboxylic acids is 1. The molecule has 0 saturated carbocycles. The van der Waals surface area contributed by atoms with Crippen molar-refractivity contribution in [2.24, 2.45) is 5.73 Å². The van der Waals surface area contributed by atoms with Gasteiger partial charge >= 0.3 is 11.9 Å². The number of carbonyl (C=O) groups excluding carboxylic acids is 2. The molecular formula is C13H24N2O6. The zero-order valence-corrected chi connectivity index (χ0v) is 12.3. The van der Waals surface area contributed by atoms with Gasteiger partial charge in [0.05, 0.1) is 13.0 Å². The molecule has 8 nitrogen and oxygen atoms in total. The number of methoxy groups -OCH3 is 1. The average molecular weight is 304 g/mol. The van der Waals surface area contributed by atoms with Crippen LogP contribution in [0.1, 0.15) is 32.1 Å². The Balaban J connectivity index is 3.50. The van der Waals surface area contributed by atoms with Crippen LogP contribution >= 0.6 is 0 Å². The first-order valence-corrected chi connectivity index (χ1v) is 6.87. The second-order valence-electron chi connectivity index (χ2n) is 4.50. The fourth-order valence-electron chi connectivity index (χ4n) is 1.46. The van der Waals surface area contributed by atoms with E-state index in [4.69, 9.17) is 20.3 Å². The predicted octanol–water partition coefficient (Wildman–Crippen LogP) is -0.345. The molecule has 0 rings (SSSR count). The van der Waals surface area contributed by atoms with E-state index in [1.807, 2.05) is 0 Å². The Bertz CT molecular complexity index is 335. The summed E-state index contributed by atoms with van der Waals surface area (Å²) in [5.74, 6) is -1.69. The van der Waals surface area contributed by atoms with Crippen LogP contribution in [0.3, 0.4) is 0 Å². The second kappa shape index (κ2) is 12.1. The number of hydrogen-bond acceptors (Lipinski definition) is 6. The van der Waals surface area contributed by atoms with E-state index in [-0.39, 0.29) is 25.4 Å². The smallest absolute Gasteiger partial charge is 0.320 e. The standard InChI is InChI=1S/C13H24N2O6/c1-20-8-9-21-12(17)6-5-11(16)15-7-3-2-4-10(14)13(18)19/h10H,2-9,14H2,1H3,(H,15,16)(H,18,19)/t10-/m0/s1. The van der Waals surface area contributed by atoms with Crippen LogP contribution in [0, 0.1) is 0 Å². The Hall–Kier alpha value is -1.67. The highest BCUT2D eigenvalue weighted by Gasteiger charge is 2.10. The number of amides is 1. The minimum Gasteiger partial charge on any atom is -0.480 e. The SMILES string of the molecule is COCCOC(=O)CCC(=O)NCCCC[C@H](N)C(=O)O. The number of hydrogen-bond donors (Lipinski definition) is 3. The number of nitrogens with two attached hydrogens (primary N) is 1. The Morgan fingerprint density at radius 1 is 1.19 bits per heavy atom. The Morgan fingerprint density at radius 2 is 1.90 bits per heavy atom. The normalized spacial score (nSPS) is 11.7. The van der Waals surface area contributed by atoms with Gasteiger partial charge in [0.2, 0.25) is 5.91 Å². The second-order valence-corrected chi connectivity index (χ2v) is 4.50. The molecule has 122 valence electrons. The first-order chi connectivity index (χ1) is 9.97. The molecule has 21 heavy (non-hydrogen) atoms. The lowest BCUT2D eigenvalue weighted by atomic mass is 10.1. The van der Waals surface area contributed by atoms with E-state index in [1.165, 1.54) is 7.11 Å². The van der Waals surface area contributed by atoms with Crippen molar-refractivity contribution < 1.29 is 29.0 Å². The molecule has 0 unspecified atom stereocenters. The number of nitrogens with one attached hydrogen (secondary N) is 1. The topological polar surface area (TPSA) is 128 Å². The molecule has 0 aliphatic heterocycles. The van der Waals surface area contributed by atoms with Gasteiger partial charge < -0.3 is 25.6 Å². The zero-order valence-electron chi connectivity index (χ0n) is 12.3. The number of carboxylic acids is 1. The molecule has 0 fully saturated rings. The van der Waals surface area contributed by atoms with Crippen molar-refractivity contribution in [1.82, 2.24) is 5.32 Å². The van der Waals surface area contributed by atoms with Crippen LogP contribution in [-0.4, -0.2) is 55.9 Å². The van der Waals surface area contributed by atoms with Gasteiger partial charge in [-0.2, -0.15) is 0 Å². The molecule has 0 aromatic rings. The maximum absolute atomic E-state index is 11.4. The summed E-state index contributed by atoms with van der Waals surface area (Å²) in [7, 11) is 1.50. The highest BCUT2D eigenvalue weighted by molar-refractivity contribution is 5.81. The van der Waals surface area contributed by atoms with Gasteiger partial charge in [-0.25, -0.2) is 0 Å². The van der Waals surface area contributed by atoms with E-state index in [1.54, 1.807) is 0 Å². The van der Waals surface area contributed by atoms with E-state index in [9.17, 15) is 14.4 Å². The van der Waals surface area contributed by atoms with Crippen molar-refractivity contribution in [2.45, 2.75) is 38.1 Å². The van der Waals surface area contributed by atoms with Crippen molar-refractivity contribution in [3.63, 3.8) is 0 Å². The van der Waals surface area contributed by atoms with Crippen molar-refractivity contribution in [2.75, 3.05) is 26.9 Å². The first-order valence-electron chi connectivity index (χ1n) is 6.87. The molecule has 0 bridgehead atoms. The van der Waals surface area contributed by atoms with Crippen LogP contribution in [0.4, 0.5) is 0 Å². The molecular weight excluding hydrogens is 280 g/mol. The summed E-state index contributed by atoms with van der Waals surface area (Å²) >= 11 is 0. The van der Waals surface area contributed by atoms with Gasteiger partial charge in [0.15, 0.2) is 0 Å². The molecule has 8 heteroatoms. The molecule has 4 N–H and O–H groups in total. The number of esters is 1. The third-order valence-corrected chi connectivity index (χ3v) is 2.69. The summed E-state index contributed by atoms with van der Waals surface area (Å²) in [6.07, 6.45) is 1.73. The molecule has 0 aliphatic rings. The molecule has 0 aromatic carbocycles. The lowest BCUT2D eigenvalue weighted by Gasteiger charge is -2.07. The molecule has 0 saturated heterocycles. The number of carbonyl (C=O) groups is 3. The minimum atomic E-state index is -1.02. The van der Waals surface area contributed by atoms with Crippen LogP contribution in [0.5, 0.6) is 0 Å². The largest absolute Gasteiger partial charge is 0.480 e. The minimum absolute atomic E-state index is 0.0272. The quantitative estimate of drug-likeness (QED) is 0.332. The molecule has 1 atom stereocenters. The van der Waals surface area contributed by atoms with Gasteiger partial charge in [-0.15, -0.1) is 0 Å². The fraction of sp³-hybridized carbons (Fsp3) is 0.769. The number of ether oxygens (including phenoxy) is 2.